The smallest absolute Gasteiger partial charge is 0.149 e. The van der Waals surface area contributed by atoms with Crippen molar-refractivity contribution in [3.8, 4) is 0 Å². The molecule has 0 aromatic heterocycles. The van der Waals surface area contributed by atoms with Gasteiger partial charge in [0, 0.05) is 6.26 Å². The topological polar surface area (TPSA) is 81.4 Å². The molecule has 0 amide bonds. The van der Waals surface area contributed by atoms with Gasteiger partial charge < -0.3 is 4.74 Å². The summed E-state index contributed by atoms with van der Waals surface area (Å²) in [4.78, 5) is 0. The summed E-state index contributed by atoms with van der Waals surface area (Å²) in [7, 11) is -3.02. The summed E-state index contributed by atoms with van der Waals surface area (Å²) >= 11 is 0. The van der Waals surface area contributed by atoms with Gasteiger partial charge >= 0.3 is 0 Å². The molecule has 0 saturated carbocycles. The van der Waals surface area contributed by atoms with E-state index < -0.39 is 9.84 Å². The van der Waals surface area contributed by atoms with Crippen LogP contribution in [-0.2, 0) is 14.6 Å². The zero-order valence-electron chi connectivity index (χ0n) is 8.19. The largest absolute Gasteiger partial charge is 0.501 e. The minimum atomic E-state index is -3.02. The maximum absolute atomic E-state index is 11.1. The Morgan fingerprint density at radius 2 is 2.43 bits per heavy atom. The fourth-order valence-electron chi connectivity index (χ4n) is 1.41. The Bertz CT molecular complexity index is 311. The second-order valence-corrected chi connectivity index (χ2v) is 5.66. The number of hydrogen-bond donors (Lipinski definition) is 2. The van der Waals surface area contributed by atoms with Crippen LogP contribution in [0.15, 0.2) is 11.8 Å². The molecular formula is C8H16N2O3S. The van der Waals surface area contributed by atoms with Crippen LogP contribution in [0, 0.1) is 0 Å². The van der Waals surface area contributed by atoms with Gasteiger partial charge in [0.1, 0.15) is 9.84 Å². The van der Waals surface area contributed by atoms with Crippen molar-refractivity contribution in [2.24, 2.45) is 5.84 Å². The molecule has 1 atom stereocenters. The molecule has 0 fully saturated rings. The summed E-state index contributed by atoms with van der Waals surface area (Å²) in [5, 5.41) is 0. The van der Waals surface area contributed by atoms with Crippen LogP contribution in [0.1, 0.15) is 12.8 Å². The summed E-state index contributed by atoms with van der Waals surface area (Å²) in [6.45, 7) is 0.694. The number of ether oxygens (including phenoxy) is 1. The Morgan fingerprint density at radius 3 is 2.86 bits per heavy atom. The number of nitrogens with two attached hydrogens (primary N) is 1. The van der Waals surface area contributed by atoms with E-state index in [9.17, 15) is 8.42 Å². The van der Waals surface area contributed by atoms with Gasteiger partial charge in [-0.3, -0.25) is 11.3 Å². The molecule has 0 aromatic rings. The second-order valence-electron chi connectivity index (χ2n) is 3.48. The third-order valence-corrected chi connectivity index (χ3v) is 3.02. The molecule has 14 heavy (non-hydrogen) atoms. The number of hydrogen-bond acceptors (Lipinski definition) is 5. The first-order chi connectivity index (χ1) is 6.53. The molecule has 1 rings (SSSR count). The standard InChI is InChI=1S/C8H16N2O3S/c1-14(11,12)6-8(10-9)7-3-2-4-13-5-7/h5,8,10H,2-4,6,9H2,1H3. The summed E-state index contributed by atoms with van der Waals surface area (Å²) < 4.78 is 27.3. The highest BCUT2D eigenvalue weighted by Crippen LogP contribution is 2.16. The molecule has 6 heteroatoms. The van der Waals surface area contributed by atoms with Crippen LogP contribution in [0.4, 0.5) is 0 Å². The number of sulfone groups is 1. The average Bonchev–Trinajstić information content (AvgIpc) is 2.14. The summed E-state index contributed by atoms with van der Waals surface area (Å²) in [5.41, 5.74) is 3.42. The van der Waals surface area contributed by atoms with Crippen molar-refractivity contribution in [3.63, 3.8) is 0 Å². The molecule has 0 aliphatic carbocycles. The lowest BCUT2D eigenvalue weighted by Crippen LogP contribution is -2.42. The van der Waals surface area contributed by atoms with Gasteiger partial charge in [-0.1, -0.05) is 0 Å². The van der Waals surface area contributed by atoms with Gasteiger partial charge in [0.05, 0.1) is 24.7 Å². The van der Waals surface area contributed by atoms with Gasteiger partial charge in [0.25, 0.3) is 0 Å². The van der Waals surface area contributed by atoms with E-state index in [2.05, 4.69) is 5.43 Å². The van der Waals surface area contributed by atoms with E-state index >= 15 is 0 Å². The van der Waals surface area contributed by atoms with Gasteiger partial charge in [-0.15, -0.1) is 0 Å². The predicted molar refractivity (Wildman–Crippen MR) is 54.1 cm³/mol. The number of rotatable bonds is 4. The second kappa shape index (κ2) is 4.77. The summed E-state index contributed by atoms with van der Waals surface area (Å²) in [6.07, 6.45) is 4.55. The van der Waals surface area contributed by atoms with Crippen molar-refractivity contribution in [1.82, 2.24) is 5.43 Å². The Hall–Kier alpha value is -0.590. The zero-order chi connectivity index (χ0) is 10.6. The van der Waals surface area contributed by atoms with Crippen molar-refractivity contribution < 1.29 is 13.2 Å². The van der Waals surface area contributed by atoms with Crippen molar-refractivity contribution in [2.75, 3.05) is 18.6 Å². The van der Waals surface area contributed by atoms with Crippen LogP contribution in [-0.4, -0.2) is 33.1 Å². The van der Waals surface area contributed by atoms with Crippen molar-refractivity contribution in [3.05, 3.63) is 11.8 Å². The molecule has 0 saturated heterocycles. The summed E-state index contributed by atoms with van der Waals surface area (Å²) in [5.74, 6) is 5.31. The fourth-order valence-corrected chi connectivity index (χ4v) is 2.32. The first kappa shape index (κ1) is 11.5. The molecule has 1 aliphatic rings. The van der Waals surface area contributed by atoms with E-state index in [4.69, 9.17) is 10.6 Å². The van der Waals surface area contributed by atoms with Gasteiger partial charge in [0.2, 0.25) is 0 Å². The molecular weight excluding hydrogens is 204 g/mol. The Labute approximate surface area is 84.2 Å². The van der Waals surface area contributed by atoms with Crippen LogP contribution in [0.5, 0.6) is 0 Å². The summed E-state index contributed by atoms with van der Waals surface area (Å²) in [6, 6.07) is -0.328. The van der Waals surface area contributed by atoms with E-state index in [1.807, 2.05) is 0 Å². The maximum Gasteiger partial charge on any atom is 0.149 e. The van der Waals surface area contributed by atoms with Crippen LogP contribution in [0.2, 0.25) is 0 Å². The Balaban J connectivity index is 2.66. The molecule has 82 valence electrons. The van der Waals surface area contributed by atoms with Gasteiger partial charge in [-0.05, 0) is 18.4 Å². The van der Waals surface area contributed by atoms with E-state index in [1.165, 1.54) is 6.26 Å². The minimum Gasteiger partial charge on any atom is -0.501 e. The quantitative estimate of drug-likeness (QED) is 0.496. The highest BCUT2D eigenvalue weighted by molar-refractivity contribution is 7.90. The van der Waals surface area contributed by atoms with Crippen molar-refractivity contribution in [2.45, 2.75) is 18.9 Å². The van der Waals surface area contributed by atoms with E-state index in [-0.39, 0.29) is 11.8 Å². The molecule has 1 unspecified atom stereocenters. The highest BCUT2D eigenvalue weighted by Gasteiger charge is 2.20. The van der Waals surface area contributed by atoms with Crippen LogP contribution >= 0.6 is 0 Å². The van der Waals surface area contributed by atoms with Crippen LogP contribution in [0.3, 0.4) is 0 Å². The minimum absolute atomic E-state index is 0.0126. The highest BCUT2D eigenvalue weighted by atomic mass is 32.2. The van der Waals surface area contributed by atoms with Gasteiger partial charge in [-0.25, -0.2) is 8.42 Å². The molecule has 0 bridgehead atoms. The SMILES string of the molecule is CS(=O)(=O)CC(NN)C1=COCCC1. The van der Waals surface area contributed by atoms with Crippen LogP contribution < -0.4 is 11.3 Å². The molecule has 1 heterocycles. The number of nitrogens with one attached hydrogen (secondary N) is 1. The molecule has 3 N–H and O–H groups in total. The van der Waals surface area contributed by atoms with Crippen LogP contribution in [0.25, 0.3) is 0 Å². The zero-order valence-corrected chi connectivity index (χ0v) is 9.01. The molecule has 5 nitrogen and oxygen atoms in total. The van der Waals surface area contributed by atoms with Crippen molar-refractivity contribution in [1.29, 1.82) is 0 Å². The lowest BCUT2D eigenvalue weighted by molar-refractivity contribution is 0.220. The molecule has 0 radical (unpaired) electrons. The lowest BCUT2D eigenvalue weighted by Gasteiger charge is -2.21. The Morgan fingerprint density at radius 1 is 1.71 bits per heavy atom. The van der Waals surface area contributed by atoms with E-state index in [0.29, 0.717) is 6.61 Å². The third kappa shape index (κ3) is 3.65. The molecule has 0 spiro atoms. The lowest BCUT2D eigenvalue weighted by atomic mass is 10.0. The number of hydrazine groups is 1. The maximum atomic E-state index is 11.1. The first-order valence-corrected chi connectivity index (χ1v) is 6.53. The van der Waals surface area contributed by atoms with Gasteiger partial charge in [0.15, 0.2) is 0 Å². The van der Waals surface area contributed by atoms with Gasteiger partial charge in [-0.2, -0.15) is 0 Å². The predicted octanol–water partition coefficient (Wildman–Crippen LogP) is -0.443. The normalized spacial score (nSPS) is 19.7. The Kier molecular flexibility index (Phi) is 3.91. The molecule has 0 aromatic carbocycles. The van der Waals surface area contributed by atoms with E-state index in [0.717, 1.165) is 18.4 Å². The molecule has 1 aliphatic heterocycles. The van der Waals surface area contributed by atoms with E-state index in [1.54, 1.807) is 6.26 Å². The third-order valence-electron chi connectivity index (χ3n) is 2.08. The first-order valence-electron chi connectivity index (χ1n) is 4.47. The monoisotopic (exact) mass is 220 g/mol. The average molecular weight is 220 g/mol. The fraction of sp³-hybridized carbons (Fsp3) is 0.750. The van der Waals surface area contributed by atoms with Crippen molar-refractivity contribution >= 4 is 9.84 Å².